The minimum atomic E-state index is -1.09. The van der Waals surface area contributed by atoms with E-state index in [1.54, 1.807) is 31.4 Å². The van der Waals surface area contributed by atoms with Crippen LogP contribution in [0.15, 0.2) is 48.5 Å². The standard InChI is InChI=1S/C24H27NO5/c1-29-22-15-17(11-13-21(22)30-16-18-7-3-2-4-8-18)12-14-23(26)25-20-10-6-5-9-19(20)24(27)28/h5-6,9-15,18H,2-4,7-8,16H2,1H3,(H,25,26)(H,27,28). The Balaban J connectivity index is 1.62. The fourth-order valence-electron chi connectivity index (χ4n) is 3.59. The van der Waals surface area contributed by atoms with Gasteiger partial charge in [0.05, 0.1) is 25.0 Å². The highest BCUT2D eigenvalue weighted by Gasteiger charge is 2.15. The molecule has 2 aromatic carbocycles. The van der Waals surface area contributed by atoms with Crippen LogP contribution >= 0.6 is 0 Å². The molecule has 1 saturated carbocycles. The largest absolute Gasteiger partial charge is 0.493 e. The Morgan fingerprint density at radius 2 is 1.87 bits per heavy atom. The number of anilines is 1. The third-order valence-corrected chi connectivity index (χ3v) is 5.23. The lowest BCUT2D eigenvalue weighted by Crippen LogP contribution is -2.15. The molecule has 1 amide bonds. The average molecular weight is 409 g/mol. The fourth-order valence-corrected chi connectivity index (χ4v) is 3.59. The topological polar surface area (TPSA) is 84.9 Å². The Morgan fingerprint density at radius 3 is 2.60 bits per heavy atom. The van der Waals surface area contributed by atoms with Gasteiger partial charge >= 0.3 is 5.97 Å². The SMILES string of the molecule is COc1cc(C=CC(=O)Nc2ccccc2C(=O)O)ccc1OCC1CCCCC1. The molecule has 6 nitrogen and oxygen atoms in total. The van der Waals surface area contributed by atoms with Crippen molar-refractivity contribution in [2.75, 3.05) is 19.0 Å². The first kappa shape index (κ1) is 21.4. The number of amides is 1. The van der Waals surface area contributed by atoms with Gasteiger partial charge in [-0.2, -0.15) is 0 Å². The van der Waals surface area contributed by atoms with Gasteiger partial charge in [-0.25, -0.2) is 4.79 Å². The van der Waals surface area contributed by atoms with Gasteiger partial charge in [0.25, 0.3) is 0 Å². The molecule has 0 saturated heterocycles. The van der Waals surface area contributed by atoms with Gasteiger partial charge in [-0.15, -0.1) is 0 Å². The zero-order chi connectivity index (χ0) is 21.3. The van der Waals surface area contributed by atoms with Gasteiger partial charge in [0, 0.05) is 6.08 Å². The van der Waals surface area contributed by atoms with E-state index < -0.39 is 11.9 Å². The Bertz CT molecular complexity index is 916. The van der Waals surface area contributed by atoms with Gasteiger partial charge in [-0.05, 0) is 54.7 Å². The lowest BCUT2D eigenvalue weighted by atomic mass is 9.90. The van der Waals surface area contributed by atoms with Crippen molar-refractivity contribution in [1.29, 1.82) is 0 Å². The van der Waals surface area contributed by atoms with Crippen molar-refractivity contribution in [2.45, 2.75) is 32.1 Å². The molecule has 30 heavy (non-hydrogen) atoms. The molecule has 0 bridgehead atoms. The summed E-state index contributed by atoms with van der Waals surface area (Å²) in [5, 5.41) is 11.8. The first-order chi connectivity index (χ1) is 14.6. The molecule has 0 aliphatic heterocycles. The number of para-hydroxylation sites is 1. The quantitative estimate of drug-likeness (QED) is 0.599. The summed E-state index contributed by atoms with van der Waals surface area (Å²) in [6.07, 6.45) is 9.28. The van der Waals surface area contributed by atoms with Gasteiger partial charge in [0.15, 0.2) is 11.5 Å². The van der Waals surface area contributed by atoms with Crippen LogP contribution in [0.1, 0.15) is 48.0 Å². The number of hydrogen-bond acceptors (Lipinski definition) is 4. The highest BCUT2D eigenvalue weighted by atomic mass is 16.5. The van der Waals surface area contributed by atoms with Gasteiger partial charge in [-0.3, -0.25) is 4.79 Å². The molecule has 158 valence electrons. The van der Waals surface area contributed by atoms with E-state index >= 15 is 0 Å². The molecule has 6 heteroatoms. The number of methoxy groups -OCH3 is 1. The predicted octanol–water partition coefficient (Wildman–Crippen LogP) is 5.00. The Morgan fingerprint density at radius 1 is 1.10 bits per heavy atom. The lowest BCUT2D eigenvalue weighted by molar-refractivity contribution is -0.111. The third-order valence-electron chi connectivity index (χ3n) is 5.23. The van der Waals surface area contributed by atoms with Gasteiger partial charge in [0.2, 0.25) is 5.91 Å². The Labute approximate surface area is 176 Å². The first-order valence-electron chi connectivity index (χ1n) is 10.2. The van der Waals surface area contributed by atoms with Crippen LogP contribution in [-0.2, 0) is 4.79 Å². The van der Waals surface area contributed by atoms with Gasteiger partial charge in [0.1, 0.15) is 0 Å². The number of carboxylic acids is 1. The summed E-state index contributed by atoms with van der Waals surface area (Å²) in [5.41, 5.74) is 1.07. The maximum atomic E-state index is 12.2. The number of carbonyl (C=O) groups excluding carboxylic acids is 1. The molecule has 3 rings (SSSR count). The van der Waals surface area contributed by atoms with Gasteiger partial charge in [-0.1, -0.05) is 37.5 Å². The number of ether oxygens (including phenoxy) is 2. The highest BCUT2D eigenvalue weighted by molar-refractivity contribution is 6.06. The van der Waals surface area contributed by atoms with Gasteiger partial charge < -0.3 is 19.9 Å². The molecule has 2 aromatic rings. The normalized spacial score (nSPS) is 14.4. The van der Waals surface area contributed by atoms with E-state index in [1.807, 2.05) is 18.2 Å². The van der Waals surface area contributed by atoms with Crippen molar-refractivity contribution in [3.8, 4) is 11.5 Å². The average Bonchev–Trinajstić information content (AvgIpc) is 2.77. The van der Waals surface area contributed by atoms with Crippen molar-refractivity contribution in [1.82, 2.24) is 0 Å². The number of nitrogens with one attached hydrogen (secondary N) is 1. The van der Waals surface area contributed by atoms with Crippen LogP contribution in [0, 0.1) is 5.92 Å². The van der Waals surface area contributed by atoms with Crippen LogP contribution in [-0.4, -0.2) is 30.7 Å². The predicted molar refractivity (Wildman–Crippen MR) is 116 cm³/mol. The van der Waals surface area contributed by atoms with Crippen LogP contribution in [0.5, 0.6) is 11.5 Å². The number of hydrogen-bond donors (Lipinski definition) is 2. The van der Waals surface area contributed by atoms with E-state index in [0.717, 1.165) is 5.56 Å². The number of aromatic carboxylic acids is 1. The van der Waals surface area contributed by atoms with Crippen molar-refractivity contribution in [3.63, 3.8) is 0 Å². The molecule has 0 unspecified atom stereocenters. The van der Waals surface area contributed by atoms with Crippen LogP contribution < -0.4 is 14.8 Å². The van der Waals surface area contributed by atoms with E-state index in [9.17, 15) is 14.7 Å². The zero-order valence-corrected chi connectivity index (χ0v) is 17.1. The molecule has 0 spiro atoms. The number of rotatable bonds is 8. The second-order valence-electron chi connectivity index (χ2n) is 7.40. The maximum Gasteiger partial charge on any atom is 0.337 e. The third kappa shape index (κ3) is 5.86. The van der Waals surface area contributed by atoms with Crippen LogP contribution in [0.25, 0.3) is 6.08 Å². The Kier molecular flexibility index (Phi) is 7.49. The summed E-state index contributed by atoms with van der Waals surface area (Å²) >= 11 is 0. The summed E-state index contributed by atoms with van der Waals surface area (Å²) in [5.74, 6) is 0.397. The summed E-state index contributed by atoms with van der Waals surface area (Å²) < 4.78 is 11.4. The van der Waals surface area contributed by atoms with E-state index in [0.29, 0.717) is 24.0 Å². The molecule has 0 radical (unpaired) electrons. The van der Waals surface area contributed by atoms with E-state index in [1.165, 1.54) is 44.2 Å². The highest BCUT2D eigenvalue weighted by Crippen LogP contribution is 2.31. The molecule has 0 heterocycles. The van der Waals surface area contributed by atoms with Crippen molar-refractivity contribution < 1.29 is 24.2 Å². The minimum Gasteiger partial charge on any atom is -0.493 e. The number of benzene rings is 2. The number of carboxylic acid groups (broad SMARTS) is 1. The van der Waals surface area contributed by atoms with Crippen LogP contribution in [0.3, 0.4) is 0 Å². The van der Waals surface area contributed by atoms with Crippen molar-refractivity contribution in [2.24, 2.45) is 5.92 Å². The smallest absolute Gasteiger partial charge is 0.337 e. The Hall–Kier alpha value is -3.28. The summed E-state index contributed by atoms with van der Waals surface area (Å²) in [7, 11) is 1.59. The monoisotopic (exact) mass is 409 g/mol. The fraction of sp³-hybridized carbons (Fsp3) is 0.333. The molecule has 0 atom stereocenters. The second-order valence-corrected chi connectivity index (χ2v) is 7.40. The minimum absolute atomic E-state index is 0.0420. The summed E-state index contributed by atoms with van der Waals surface area (Å²) in [4.78, 5) is 23.5. The first-order valence-corrected chi connectivity index (χ1v) is 10.2. The molecular weight excluding hydrogens is 382 g/mol. The molecular formula is C24H27NO5. The van der Waals surface area contributed by atoms with E-state index in [4.69, 9.17) is 9.47 Å². The molecule has 1 aliphatic carbocycles. The van der Waals surface area contributed by atoms with E-state index in [2.05, 4.69) is 5.32 Å². The zero-order valence-electron chi connectivity index (χ0n) is 17.1. The molecule has 2 N–H and O–H groups in total. The summed E-state index contributed by atoms with van der Waals surface area (Å²) in [6, 6.07) is 11.8. The molecule has 1 fully saturated rings. The molecule has 1 aliphatic rings. The lowest BCUT2D eigenvalue weighted by Gasteiger charge is -2.22. The van der Waals surface area contributed by atoms with Crippen molar-refractivity contribution >= 4 is 23.6 Å². The van der Waals surface area contributed by atoms with Crippen LogP contribution in [0.2, 0.25) is 0 Å². The second kappa shape index (κ2) is 10.5. The van der Waals surface area contributed by atoms with Crippen LogP contribution in [0.4, 0.5) is 5.69 Å². The molecule has 0 aromatic heterocycles. The van der Waals surface area contributed by atoms with Crippen molar-refractivity contribution in [3.05, 3.63) is 59.7 Å². The van der Waals surface area contributed by atoms with E-state index in [-0.39, 0.29) is 11.3 Å². The maximum absolute atomic E-state index is 12.2. The number of carbonyl (C=O) groups is 2. The summed E-state index contributed by atoms with van der Waals surface area (Å²) in [6.45, 7) is 0.691.